The van der Waals surface area contributed by atoms with E-state index in [-0.39, 0.29) is 6.10 Å². The van der Waals surface area contributed by atoms with E-state index in [4.69, 9.17) is 4.99 Å². The largest absolute Gasteiger partial charge is 0.390 e. The molecule has 0 spiro atoms. The monoisotopic (exact) mass is 476 g/mol. The number of aromatic nitrogens is 1. The Balaban J connectivity index is 1.34. The molecule has 2 aliphatic heterocycles. The molecular weight excluding hydrogens is 452 g/mol. The number of fused-ring (bicyclic) bond motifs is 1. The molecule has 5 rings (SSSR count). The lowest BCUT2D eigenvalue weighted by atomic mass is 10.1. The van der Waals surface area contributed by atoms with Crippen LogP contribution in [0.4, 0.5) is 5.69 Å². The third-order valence-corrected chi connectivity index (χ3v) is 10.2. The molecule has 0 saturated carbocycles. The number of likely N-dealkylation sites (tertiary alicyclic amines) is 1. The van der Waals surface area contributed by atoms with Crippen molar-refractivity contribution in [3.05, 3.63) is 47.5 Å². The second-order valence-corrected chi connectivity index (χ2v) is 12.3. The summed E-state index contributed by atoms with van der Waals surface area (Å²) in [6.07, 6.45) is 0.878. The smallest absolute Gasteiger partial charge is 0.273 e. The normalized spacial score (nSPS) is 20.2. The van der Waals surface area contributed by atoms with Crippen LogP contribution in [0.2, 0.25) is 0 Å². The second-order valence-electron chi connectivity index (χ2n) is 7.92. The van der Waals surface area contributed by atoms with Crippen molar-refractivity contribution in [3.8, 4) is 0 Å². The van der Waals surface area contributed by atoms with Gasteiger partial charge in [0.1, 0.15) is 9.25 Å². The van der Waals surface area contributed by atoms with E-state index in [9.17, 15) is 13.5 Å². The molecule has 0 amide bonds. The summed E-state index contributed by atoms with van der Waals surface area (Å²) in [6, 6.07) is 11.1. The lowest BCUT2D eigenvalue weighted by Crippen LogP contribution is -2.51. The Hall–Kier alpha value is -1.85. The summed E-state index contributed by atoms with van der Waals surface area (Å²) in [6.45, 7) is 3.32. The van der Waals surface area contributed by atoms with Gasteiger partial charge in [0.25, 0.3) is 10.0 Å². The van der Waals surface area contributed by atoms with Crippen LogP contribution in [0.5, 0.6) is 0 Å². The number of aromatic amines is 1. The highest BCUT2D eigenvalue weighted by molar-refractivity contribution is 8.15. The Morgan fingerprint density at radius 3 is 2.87 bits per heavy atom. The summed E-state index contributed by atoms with van der Waals surface area (Å²) in [5.41, 5.74) is 2.34. The standard InChI is InChI=1S/C21H24N4O3S3/c1-24(31(27,28)19-6-3-9-29-19)18-5-2-4-14-10-17(23-20(14)18)21-22-11-16(30-21)7-8-25-12-15(26)13-25/h2-6,9-10,15-16,23,26H,7-8,11-13H2,1H3. The quantitative estimate of drug-likeness (QED) is 0.547. The van der Waals surface area contributed by atoms with E-state index in [1.165, 1.54) is 15.6 Å². The summed E-state index contributed by atoms with van der Waals surface area (Å²) < 4.78 is 27.7. The molecule has 2 aromatic heterocycles. The summed E-state index contributed by atoms with van der Waals surface area (Å²) in [5.74, 6) is 0. The van der Waals surface area contributed by atoms with Crippen molar-refractivity contribution in [1.82, 2.24) is 9.88 Å². The number of aliphatic imine (C=N–C) groups is 1. The zero-order valence-electron chi connectivity index (χ0n) is 17.1. The summed E-state index contributed by atoms with van der Waals surface area (Å²) in [5, 5.41) is 13.6. The van der Waals surface area contributed by atoms with Crippen molar-refractivity contribution in [3.63, 3.8) is 0 Å². The van der Waals surface area contributed by atoms with Gasteiger partial charge in [0.15, 0.2) is 0 Å². The van der Waals surface area contributed by atoms with Crippen molar-refractivity contribution in [1.29, 1.82) is 0 Å². The average Bonchev–Trinajstić information content (AvgIpc) is 3.49. The van der Waals surface area contributed by atoms with E-state index < -0.39 is 10.0 Å². The van der Waals surface area contributed by atoms with Crippen LogP contribution >= 0.6 is 23.1 Å². The lowest BCUT2D eigenvalue weighted by molar-refractivity contribution is 0.00189. The van der Waals surface area contributed by atoms with E-state index in [2.05, 4.69) is 9.88 Å². The van der Waals surface area contributed by atoms with Gasteiger partial charge in [-0.1, -0.05) is 30.0 Å². The fourth-order valence-corrected chi connectivity index (χ4v) is 7.40. The molecule has 10 heteroatoms. The predicted molar refractivity (Wildman–Crippen MR) is 128 cm³/mol. The van der Waals surface area contributed by atoms with Crippen LogP contribution in [0.15, 0.2) is 51.0 Å². The number of anilines is 1. The zero-order chi connectivity index (χ0) is 21.6. The molecule has 1 fully saturated rings. The molecule has 7 nitrogen and oxygen atoms in total. The Labute approximate surface area is 189 Å². The first-order valence-corrected chi connectivity index (χ1v) is 13.4. The number of sulfonamides is 1. The SMILES string of the molecule is CN(c1cccc2cc(C3=NCC(CCN4CC(O)C4)S3)[nH]c12)S(=O)(=O)c1cccs1. The number of nitrogens with zero attached hydrogens (tertiary/aromatic N) is 3. The van der Waals surface area contributed by atoms with Crippen LogP contribution in [-0.4, -0.2) is 73.0 Å². The number of thiophene rings is 1. The van der Waals surface area contributed by atoms with Crippen molar-refractivity contribution < 1.29 is 13.5 Å². The van der Waals surface area contributed by atoms with E-state index in [1.54, 1.807) is 36.3 Å². The maximum atomic E-state index is 13.0. The first kappa shape index (κ1) is 21.0. The van der Waals surface area contributed by atoms with Crippen LogP contribution < -0.4 is 4.31 Å². The fourth-order valence-electron chi connectivity index (χ4n) is 3.96. The average molecular weight is 477 g/mol. The minimum absolute atomic E-state index is 0.162. The van der Waals surface area contributed by atoms with Gasteiger partial charge < -0.3 is 10.1 Å². The van der Waals surface area contributed by atoms with E-state index in [0.29, 0.717) is 15.1 Å². The van der Waals surface area contributed by atoms with Gasteiger partial charge in [0.05, 0.1) is 29.5 Å². The van der Waals surface area contributed by atoms with Gasteiger partial charge in [-0.25, -0.2) is 8.42 Å². The van der Waals surface area contributed by atoms with Gasteiger partial charge in [-0.15, -0.1) is 11.3 Å². The fraction of sp³-hybridized carbons (Fsp3) is 0.381. The highest BCUT2D eigenvalue weighted by Crippen LogP contribution is 2.34. The molecule has 2 aliphatic rings. The van der Waals surface area contributed by atoms with Crippen LogP contribution in [0.1, 0.15) is 12.1 Å². The summed E-state index contributed by atoms with van der Waals surface area (Å²) in [4.78, 5) is 10.4. The maximum Gasteiger partial charge on any atom is 0.273 e. The van der Waals surface area contributed by atoms with Crippen LogP contribution in [0, 0.1) is 0 Å². The molecule has 164 valence electrons. The minimum atomic E-state index is -3.60. The molecule has 4 heterocycles. The van der Waals surface area contributed by atoms with Gasteiger partial charge in [-0.3, -0.25) is 14.2 Å². The van der Waals surface area contributed by atoms with Gasteiger partial charge >= 0.3 is 0 Å². The zero-order valence-corrected chi connectivity index (χ0v) is 19.5. The van der Waals surface area contributed by atoms with Gasteiger partial charge in [-0.05, 0) is 36.5 Å². The molecule has 3 aromatic rings. The molecule has 31 heavy (non-hydrogen) atoms. The molecule has 0 bridgehead atoms. The van der Waals surface area contributed by atoms with Gasteiger partial charge in [-0.2, -0.15) is 0 Å². The highest BCUT2D eigenvalue weighted by Gasteiger charge is 2.28. The number of benzene rings is 1. The minimum Gasteiger partial charge on any atom is -0.390 e. The Morgan fingerprint density at radius 2 is 2.13 bits per heavy atom. The molecule has 1 unspecified atom stereocenters. The van der Waals surface area contributed by atoms with Crippen LogP contribution in [0.25, 0.3) is 10.9 Å². The van der Waals surface area contributed by atoms with Crippen molar-refractivity contribution >= 4 is 54.8 Å². The van der Waals surface area contributed by atoms with E-state index >= 15 is 0 Å². The number of rotatable bonds is 7. The number of aliphatic hydroxyl groups excluding tert-OH is 1. The van der Waals surface area contributed by atoms with Gasteiger partial charge in [0.2, 0.25) is 0 Å². The number of thioether (sulfide) groups is 1. The Bertz CT molecular complexity index is 1210. The number of hydrogen-bond donors (Lipinski definition) is 2. The maximum absolute atomic E-state index is 13.0. The number of para-hydroxylation sites is 1. The Kier molecular flexibility index (Phi) is 5.59. The first-order chi connectivity index (χ1) is 14.9. The second kappa shape index (κ2) is 8.25. The van der Waals surface area contributed by atoms with Gasteiger partial charge in [0, 0.05) is 30.8 Å². The molecule has 0 radical (unpaired) electrons. The number of aliphatic hydroxyl groups is 1. The number of β-amino-alcohol motifs (C(OH)–C–C–N with tert-alkyl or cyclic N) is 1. The van der Waals surface area contributed by atoms with Crippen molar-refractivity contribution in [2.45, 2.75) is 22.0 Å². The number of nitrogens with one attached hydrogen (secondary N) is 1. The molecule has 0 aliphatic carbocycles. The molecular formula is C21H24N4O3S3. The Morgan fingerprint density at radius 1 is 1.29 bits per heavy atom. The van der Waals surface area contributed by atoms with E-state index in [0.717, 1.165) is 54.2 Å². The van der Waals surface area contributed by atoms with E-state index in [1.807, 2.05) is 24.3 Å². The summed E-state index contributed by atoms with van der Waals surface area (Å²) in [7, 11) is -2.01. The number of hydrogen-bond acceptors (Lipinski definition) is 7. The highest BCUT2D eigenvalue weighted by atomic mass is 32.2. The molecule has 1 aromatic carbocycles. The predicted octanol–water partition coefficient (Wildman–Crippen LogP) is 2.98. The van der Waals surface area contributed by atoms with Crippen molar-refractivity contribution in [2.75, 3.05) is 37.5 Å². The van der Waals surface area contributed by atoms with Crippen molar-refractivity contribution in [2.24, 2.45) is 4.99 Å². The third kappa shape index (κ3) is 4.03. The molecule has 1 saturated heterocycles. The first-order valence-electron chi connectivity index (χ1n) is 10.2. The summed E-state index contributed by atoms with van der Waals surface area (Å²) >= 11 is 2.99. The third-order valence-electron chi connectivity index (χ3n) is 5.74. The molecule has 1 atom stereocenters. The topological polar surface area (TPSA) is 89.0 Å². The lowest BCUT2D eigenvalue weighted by Gasteiger charge is -2.36. The van der Waals surface area contributed by atoms with Crippen LogP contribution in [-0.2, 0) is 10.0 Å². The van der Waals surface area contributed by atoms with Crippen LogP contribution in [0.3, 0.4) is 0 Å². The molecule has 2 N–H and O–H groups in total. The number of H-pyrrole nitrogens is 1.